The first-order chi connectivity index (χ1) is 13.2. The molecule has 0 amide bonds. The van der Waals surface area contributed by atoms with Crippen LogP contribution in [0.3, 0.4) is 0 Å². The number of hydrogen-bond acceptors (Lipinski definition) is 4. The van der Waals surface area contributed by atoms with Crippen LogP contribution in [0.1, 0.15) is 36.8 Å². The van der Waals surface area contributed by atoms with E-state index in [2.05, 4.69) is 64.4 Å². The lowest BCUT2D eigenvalue weighted by Crippen LogP contribution is -2.15. The lowest BCUT2D eigenvalue weighted by atomic mass is 10.1. The molecule has 0 heterocycles. The number of benzene rings is 2. The van der Waals surface area contributed by atoms with E-state index >= 15 is 0 Å². The number of hydrogen-bond donors (Lipinski definition) is 2. The second kappa shape index (κ2) is 13.9. The Morgan fingerprint density at radius 2 is 1.70 bits per heavy atom. The third kappa shape index (κ3) is 10.6. The summed E-state index contributed by atoms with van der Waals surface area (Å²) in [6, 6.07) is 19.4. The average Bonchev–Trinajstić information content (AvgIpc) is 2.69. The zero-order chi connectivity index (χ0) is 19.2. The van der Waals surface area contributed by atoms with Gasteiger partial charge in [-0.1, -0.05) is 48.9 Å². The third-order valence-corrected chi connectivity index (χ3v) is 5.68. The summed E-state index contributed by atoms with van der Waals surface area (Å²) in [4.78, 5) is 9.85. The molecule has 0 fully saturated rings. The molecule has 6 heteroatoms. The van der Waals surface area contributed by atoms with Gasteiger partial charge in [0.25, 0.3) is 0 Å². The molecular formula is C21H29NO3PS+. The van der Waals surface area contributed by atoms with Crippen LogP contribution in [0.5, 0.6) is 0 Å². The Morgan fingerprint density at radius 1 is 0.926 bits per heavy atom. The fourth-order valence-electron chi connectivity index (χ4n) is 2.72. The topological polar surface area (TPSA) is 58.6 Å². The van der Waals surface area contributed by atoms with Crippen LogP contribution in [-0.2, 0) is 22.1 Å². The summed E-state index contributed by atoms with van der Waals surface area (Å²) in [5, 5.41) is 3.31. The SMILES string of the molecule is O=[P+](O)OCCCNCc1ccc(SCCCCCc2ccccc2)cc1. The summed E-state index contributed by atoms with van der Waals surface area (Å²) in [7, 11) is -2.47. The molecule has 0 saturated heterocycles. The van der Waals surface area contributed by atoms with Gasteiger partial charge in [0.05, 0.1) is 0 Å². The summed E-state index contributed by atoms with van der Waals surface area (Å²) in [5.74, 6) is 1.17. The Hall–Kier alpha value is -1.23. The standard InChI is InChI=1S/C21H28NO3PS/c23-26(24)25-16-7-15-22-18-20-11-13-21(14-12-20)27-17-6-2-5-10-19-8-3-1-4-9-19/h1,3-4,8-9,11-14,22H,2,5-7,10,15-18H2/p+1. The smallest absolute Gasteiger partial charge is 0.313 e. The quantitative estimate of drug-likeness (QED) is 0.252. The predicted octanol–water partition coefficient (Wildman–Crippen LogP) is 5.34. The first-order valence-corrected chi connectivity index (χ1v) is 11.6. The van der Waals surface area contributed by atoms with Crippen molar-refractivity contribution < 1.29 is 14.0 Å². The maximum absolute atomic E-state index is 10.4. The van der Waals surface area contributed by atoms with E-state index in [1.807, 2.05) is 11.8 Å². The van der Waals surface area contributed by atoms with E-state index in [9.17, 15) is 4.57 Å². The van der Waals surface area contributed by atoms with E-state index < -0.39 is 8.25 Å². The van der Waals surface area contributed by atoms with E-state index in [0.29, 0.717) is 6.61 Å². The minimum Gasteiger partial charge on any atom is -0.313 e. The summed E-state index contributed by atoms with van der Waals surface area (Å²) in [6.07, 6.45) is 5.69. The van der Waals surface area contributed by atoms with Crippen molar-refractivity contribution >= 4 is 20.0 Å². The molecule has 0 aliphatic carbocycles. The van der Waals surface area contributed by atoms with Crippen LogP contribution in [0.25, 0.3) is 0 Å². The number of nitrogens with one attached hydrogen (secondary N) is 1. The second-order valence-electron chi connectivity index (χ2n) is 6.39. The van der Waals surface area contributed by atoms with Gasteiger partial charge in [-0.2, -0.15) is 0 Å². The lowest BCUT2D eigenvalue weighted by Gasteiger charge is -2.06. The van der Waals surface area contributed by atoms with Gasteiger partial charge in [-0.3, -0.25) is 0 Å². The Labute approximate surface area is 167 Å². The molecule has 2 aromatic carbocycles. The highest BCUT2D eigenvalue weighted by Crippen LogP contribution is 2.20. The first kappa shape index (κ1) is 22.1. The molecule has 0 saturated carbocycles. The monoisotopic (exact) mass is 406 g/mol. The average molecular weight is 407 g/mol. The highest BCUT2D eigenvalue weighted by molar-refractivity contribution is 7.99. The van der Waals surface area contributed by atoms with Crippen LogP contribution in [0, 0.1) is 0 Å². The van der Waals surface area contributed by atoms with Crippen LogP contribution >= 0.6 is 20.0 Å². The summed E-state index contributed by atoms with van der Waals surface area (Å²) < 4.78 is 15.0. The van der Waals surface area contributed by atoms with Crippen LogP contribution in [0.4, 0.5) is 0 Å². The zero-order valence-electron chi connectivity index (χ0n) is 15.7. The predicted molar refractivity (Wildman–Crippen MR) is 113 cm³/mol. The van der Waals surface area contributed by atoms with Crippen molar-refractivity contribution in [1.29, 1.82) is 0 Å². The maximum atomic E-state index is 10.4. The third-order valence-electron chi connectivity index (χ3n) is 4.17. The number of rotatable bonds is 14. The molecule has 4 nitrogen and oxygen atoms in total. The van der Waals surface area contributed by atoms with E-state index in [1.165, 1.54) is 47.5 Å². The van der Waals surface area contributed by atoms with Crippen LogP contribution in [0.15, 0.2) is 59.5 Å². The van der Waals surface area contributed by atoms with E-state index in [-0.39, 0.29) is 0 Å². The van der Waals surface area contributed by atoms with Crippen molar-refractivity contribution in [3.63, 3.8) is 0 Å². The Balaban J connectivity index is 1.50. The summed E-state index contributed by atoms with van der Waals surface area (Å²) in [5.41, 5.74) is 2.68. The van der Waals surface area contributed by atoms with Gasteiger partial charge in [0, 0.05) is 16.0 Å². The second-order valence-corrected chi connectivity index (χ2v) is 8.29. The highest BCUT2D eigenvalue weighted by atomic mass is 32.2. The van der Waals surface area contributed by atoms with Crippen molar-refractivity contribution in [2.24, 2.45) is 0 Å². The van der Waals surface area contributed by atoms with Crippen molar-refractivity contribution in [2.45, 2.75) is 43.5 Å². The molecule has 1 unspecified atom stereocenters. The van der Waals surface area contributed by atoms with E-state index in [4.69, 9.17) is 4.89 Å². The molecule has 2 rings (SSSR count). The Kier molecular flexibility index (Phi) is 11.3. The number of unbranched alkanes of at least 4 members (excludes halogenated alkanes) is 2. The highest BCUT2D eigenvalue weighted by Gasteiger charge is 2.09. The van der Waals surface area contributed by atoms with Crippen LogP contribution in [0.2, 0.25) is 0 Å². The molecule has 146 valence electrons. The number of aryl methyl sites for hydroxylation is 1. The van der Waals surface area contributed by atoms with Crippen LogP contribution in [-0.4, -0.2) is 23.8 Å². The molecule has 0 radical (unpaired) electrons. The van der Waals surface area contributed by atoms with Crippen molar-refractivity contribution in [1.82, 2.24) is 5.32 Å². The fourth-order valence-corrected chi connectivity index (χ4v) is 3.92. The lowest BCUT2D eigenvalue weighted by molar-refractivity contribution is 0.276. The molecule has 0 bridgehead atoms. The normalized spacial score (nSPS) is 11.5. The molecule has 0 aromatic heterocycles. The van der Waals surface area contributed by atoms with Crippen molar-refractivity contribution in [3.05, 3.63) is 65.7 Å². The number of thioether (sulfide) groups is 1. The molecule has 1 atom stereocenters. The largest absolute Gasteiger partial charge is 0.694 e. The van der Waals surface area contributed by atoms with Gasteiger partial charge < -0.3 is 5.32 Å². The van der Waals surface area contributed by atoms with Gasteiger partial charge in [-0.15, -0.1) is 21.2 Å². The molecule has 0 aliphatic rings. The molecule has 0 spiro atoms. The van der Waals surface area contributed by atoms with Crippen LogP contribution < -0.4 is 5.32 Å². The maximum Gasteiger partial charge on any atom is 0.694 e. The molecule has 2 aromatic rings. The Morgan fingerprint density at radius 3 is 2.44 bits per heavy atom. The summed E-state index contributed by atoms with van der Waals surface area (Å²) >= 11 is 1.92. The van der Waals surface area contributed by atoms with Gasteiger partial charge in [0.2, 0.25) is 0 Å². The van der Waals surface area contributed by atoms with Gasteiger partial charge >= 0.3 is 8.25 Å². The first-order valence-electron chi connectivity index (χ1n) is 9.49. The van der Waals surface area contributed by atoms with Crippen molar-refractivity contribution in [2.75, 3.05) is 18.9 Å². The zero-order valence-corrected chi connectivity index (χ0v) is 17.4. The molecular weight excluding hydrogens is 377 g/mol. The summed E-state index contributed by atoms with van der Waals surface area (Å²) in [6.45, 7) is 1.87. The van der Waals surface area contributed by atoms with Gasteiger partial charge in [-0.05, 0) is 61.2 Å². The van der Waals surface area contributed by atoms with Crippen molar-refractivity contribution in [3.8, 4) is 0 Å². The van der Waals surface area contributed by atoms with E-state index in [1.54, 1.807) is 0 Å². The van der Waals surface area contributed by atoms with E-state index in [0.717, 1.165) is 19.5 Å². The Bertz CT molecular complexity index is 652. The molecule has 0 aliphatic heterocycles. The minimum atomic E-state index is -2.47. The van der Waals surface area contributed by atoms with Gasteiger partial charge in [0.1, 0.15) is 6.61 Å². The van der Waals surface area contributed by atoms with Gasteiger partial charge in [-0.25, -0.2) is 0 Å². The molecule has 27 heavy (non-hydrogen) atoms. The minimum absolute atomic E-state index is 0.305. The molecule has 2 N–H and O–H groups in total. The van der Waals surface area contributed by atoms with Gasteiger partial charge in [0.15, 0.2) is 0 Å². The fraction of sp³-hybridized carbons (Fsp3) is 0.429.